The van der Waals surface area contributed by atoms with Crippen molar-refractivity contribution in [2.45, 2.75) is 37.1 Å². The summed E-state index contributed by atoms with van der Waals surface area (Å²) in [5.74, 6) is 0.146. The van der Waals surface area contributed by atoms with Crippen LogP contribution in [0.5, 0.6) is 0 Å². The highest BCUT2D eigenvalue weighted by atomic mass is 32.2. The van der Waals surface area contributed by atoms with Gasteiger partial charge in [-0.25, -0.2) is 8.42 Å². The predicted octanol–water partition coefficient (Wildman–Crippen LogP) is 2.03. The molecule has 0 spiro atoms. The molecule has 1 fully saturated rings. The van der Waals surface area contributed by atoms with Crippen LogP contribution in [0.3, 0.4) is 0 Å². The van der Waals surface area contributed by atoms with Gasteiger partial charge in [0.25, 0.3) is 0 Å². The van der Waals surface area contributed by atoms with E-state index in [0.29, 0.717) is 10.9 Å². The molecule has 1 heterocycles. The van der Waals surface area contributed by atoms with E-state index in [9.17, 15) is 8.42 Å². The third-order valence-electron chi connectivity index (χ3n) is 3.58. The van der Waals surface area contributed by atoms with Gasteiger partial charge in [0, 0.05) is 18.3 Å². The Balaban J connectivity index is 1.85. The van der Waals surface area contributed by atoms with Gasteiger partial charge in [0.2, 0.25) is 0 Å². The zero-order chi connectivity index (χ0) is 13.7. The average molecular weight is 282 g/mol. The molecule has 19 heavy (non-hydrogen) atoms. The van der Waals surface area contributed by atoms with E-state index in [1.165, 1.54) is 12.8 Å². The van der Waals surface area contributed by atoms with Gasteiger partial charge in [-0.15, -0.1) is 0 Å². The first-order chi connectivity index (χ1) is 9.12. The Bertz CT molecular complexity index is 491. The smallest absolute Gasteiger partial charge is 0.178 e. The summed E-state index contributed by atoms with van der Waals surface area (Å²) in [4.78, 5) is 0.401. The molecule has 0 unspecified atom stereocenters. The number of hydrogen-bond donors (Lipinski definition) is 2. The van der Waals surface area contributed by atoms with Crippen molar-refractivity contribution in [3.8, 4) is 0 Å². The van der Waals surface area contributed by atoms with Gasteiger partial charge in [0.15, 0.2) is 9.84 Å². The maximum Gasteiger partial charge on any atom is 0.178 e. The van der Waals surface area contributed by atoms with Crippen LogP contribution in [0.1, 0.15) is 26.2 Å². The minimum absolute atomic E-state index is 0.146. The number of nitrogens with one attached hydrogen (secondary N) is 2. The molecule has 106 valence electrons. The molecule has 4 nitrogen and oxygen atoms in total. The molecule has 1 aliphatic heterocycles. The lowest BCUT2D eigenvalue weighted by Crippen LogP contribution is -2.24. The van der Waals surface area contributed by atoms with Crippen LogP contribution in [0, 0.1) is 0 Å². The van der Waals surface area contributed by atoms with Gasteiger partial charge in [-0.05, 0) is 50.1 Å². The van der Waals surface area contributed by atoms with Crippen molar-refractivity contribution in [3.05, 3.63) is 24.3 Å². The highest BCUT2D eigenvalue weighted by molar-refractivity contribution is 7.91. The Morgan fingerprint density at radius 3 is 2.63 bits per heavy atom. The van der Waals surface area contributed by atoms with E-state index in [1.807, 2.05) is 12.1 Å². The van der Waals surface area contributed by atoms with Crippen LogP contribution in [0.25, 0.3) is 0 Å². The molecular weight excluding hydrogens is 260 g/mol. The van der Waals surface area contributed by atoms with Gasteiger partial charge in [-0.1, -0.05) is 6.92 Å². The quantitative estimate of drug-likeness (QED) is 0.838. The van der Waals surface area contributed by atoms with Crippen LogP contribution in [0.15, 0.2) is 29.2 Å². The van der Waals surface area contributed by atoms with Gasteiger partial charge in [-0.2, -0.15) is 0 Å². The van der Waals surface area contributed by atoms with Gasteiger partial charge in [-0.3, -0.25) is 0 Å². The number of hydrogen-bond acceptors (Lipinski definition) is 4. The largest absolute Gasteiger partial charge is 0.385 e. The lowest BCUT2D eigenvalue weighted by molar-refractivity contribution is 0.574. The molecule has 2 N–H and O–H groups in total. The van der Waals surface area contributed by atoms with Crippen molar-refractivity contribution in [3.63, 3.8) is 0 Å². The molecule has 1 aliphatic rings. The third kappa shape index (κ3) is 3.94. The van der Waals surface area contributed by atoms with Crippen molar-refractivity contribution in [2.75, 3.05) is 24.2 Å². The Labute approximate surface area is 115 Å². The first kappa shape index (κ1) is 14.3. The lowest BCUT2D eigenvalue weighted by Gasteiger charge is -2.12. The first-order valence-electron chi connectivity index (χ1n) is 6.92. The molecule has 2 rings (SSSR count). The number of benzene rings is 1. The zero-order valence-corrected chi connectivity index (χ0v) is 12.2. The molecule has 1 saturated heterocycles. The van der Waals surface area contributed by atoms with Crippen LogP contribution in [0.4, 0.5) is 5.69 Å². The molecule has 0 radical (unpaired) electrons. The standard InChI is InChI=1S/C14H22N2O2S/c1-2-19(17,18)14-7-5-13(6-8-14)16-11-9-12-4-3-10-15-12/h5-8,12,15-16H,2-4,9-11H2,1H3/t12-/m1/s1. The number of rotatable bonds is 6. The second kappa shape index (κ2) is 6.39. The van der Waals surface area contributed by atoms with Gasteiger partial charge < -0.3 is 10.6 Å². The van der Waals surface area contributed by atoms with Crippen molar-refractivity contribution in [1.29, 1.82) is 0 Å². The van der Waals surface area contributed by atoms with E-state index in [0.717, 1.165) is 25.2 Å². The summed E-state index contributed by atoms with van der Waals surface area (Å²) >= 11 is 0. The second-order valence-corrected chi connectivity index (χ2v) is 7.21. The van der Waals surface area contributed by atoms with Gasteiger partial charge >= 0.3 is 0 Å². The molecule has 0 bridgehead atoms. The molecule has 5 heteroatoms. The summed E-state index contributed by atoms with van der Waals surface area (Å²) in [6, 6.07) is 7.66. The molecule has 0 aromatic heterocycles. The van der Waals surface area contributed by atoms with E-state index in [1.54, 1.807) is 19.1 Å². The molecule has 0 amide bonds. The third-order valence-corrected chi connectivity index (χ3v) is 5.33. The highest BCUT2D eigenvalue weighted by Gasteiger charge is 2.13. The van der Waals surface area contributed by atoms with Gasteiger partial charge in [0.05, 0.1) is 10.6 Å². The molecular formula is C14H22N2O2S. The molecule has 1 aromatic rings. The maximum atomic E-state index is 11.7. The summed E-state index contributed by atoms with van der Waals surface area (Å²) in [6.07, 6.45) is 3.64. The summed E-state index contributed by atoms with van der Waals surface area (Å²) in [5, 5.41) is 6.79. The zero-order valence-electron chi connectivity index (χ0n) is 11.4. The van der Waals surface area contributed by atoms with E-state index in [-0.39, 0.29) is 5.75 Å². The molecule has 1 aromatic carbocycles. The van der Waals surface area contributed by atoms with Gasteiger partial charge in [0.1, 0.15) is 0 Å². The summed E-state index contributed by atoms with van der Waals surface area (Å²) in [6.45, 7) is 3.71. The normalized spacial score (nSPS) is 19.5. The molecule has 1 atom stereocenters. The van der Waals surface area contributed by atoms with Crippen LogP contribution < -0.4 is 10.6 Å². The minimum atomic E-state index is -3.09. The SMILES string of the molecule is CCS(=O)(=O)c1ccc(NCC[C@H]2CCCN2)cc1. The molecule has 0 saturated carbocycles. The van der Waals surface area contributed by atoms with Crippen molar-refractivity contribution >= 4 is 15.5 Å². The Morgan fingerprint density at radius 1 is 1.32 bits per heavy atom. The lowest BCUT2D eigenvalue weighted by atomic mass is 10.1. The van der Waals surface area contributed by atoms with Crippen LogP contribution in [-0.4, -0.2) is 33.3 Å². The van der Waals surface area contributed by atoms with Crippen LogP contribution >= 0.6 is 0 Å². The second-order valence-electron chi connectivity index (χ2n) is 4.94. The van der Waals surface area contributed by atoms with E-state index < -0.39 is 9.84 Å². The highest BCUT2D eigenvalue weighted by Crippen LogP contribution is 2.16. The fourth-order valence-corrected chi connectivity index (χ4v) is 3.22. The topological polar surface area (TPSA) is 58.2 Å². The summed E-state index contributed by atoms with van der Waals surface area (Å²) in [5.41, 5.74) is 0.980. The Kier molecular flexibility index (Phi) is 4.82. The fourth-order valence-electron chi connectivity index (χ4n) is 2.34. The van der Waals surface area contributed by atoms with Crippen molar-refractivity contribution < 1.29 is 8.42 Å². The number of sulfone groups is 1. The fraction of sp³-hybridized carbons (Fsp3) is 0.571. The van der Waals surface area contributed by atoms with Crippen LogP contribution in [0.2, 0.25) is 0 Å². The van der Waals surface area contributed by atoms with Crippen LogP contribution in [-0.2, 0) is 9.84 Å². The van der Waals surface area contributed by atoms with E-state index in [2.05, 4.69) is 10.6 Å². The Hall–Kier alpha value is -1.07. The predicted molar refractivity (Wildman–Crippen MR) is 78.3 cm³/mol. The first-order valence-corrected chi connectivity index (χ1v) is 8.57. The molecule has 0 aliphatic carbocycles. The van der Waals surface area contributed by atoms with E-state index in [4.69, 9.17) is 0 Å². The van der Waals surface area contributed by atoms with Crippen molar-refractivity contribution in [1.82, 2.24) is 5.32 Å². The summed E-state index contributed by atoms with van der Waals surface area (Å²) in [7, 11) is -3.09. The summed E-state index contributed by atoms with van der Waals surface area (Å²) < 4.78 is 23.3. The average Bonchev–Trinajstić information content (AvgIpc) is 2.92. The monoisotopic (exact) mass is 282 g/mol. The van der Waals surface area contributed by atoms with E-state index >= 15 is 0 Å². The maximum absolute atomic E-state index is 11.7. The number of anilines is 1. The van der Waals surface area contributed by atoms with Crippen molar-refractivity contribution in [2.24, 2.45) is 0 Å². The minimum Gasteiger partial charge on any atom is -0.385 e. The Morgan fingerprint density at radius 2 is 2.05 bits per heavy atom.